The minimum absolute atomic E-state index is 0. The van der Waals surface area contributed by atoms with Gasteiger partial charge in [0.2, 0.25) is 0 Å². The zero-order valence-electron chi connectivity index (χ0n) is 15.8. The van der Waals surface area contributed by atoms with E-state index in [1.807, 2.05) is 31.1 Å². The second-order valence-corrected chi connectivity index (χ2v) is 5.96. The summed E-state index contributed by atoms with van der Waals surface area (Å²) in [5, 5.41) is 6.15. The molecule has 156 valence electrons. The molecule has 0 aliphatic carbocycles. The van der Waals surface area contributed by atoms with Crippen molar-refractivity contribution in [2.45, 2.75) is 18.9 Å². The monoisotopic (exact) mass is 512 g/mol. The van der Waals surface area contributed by atoms with Crippen molar-refractivity contribution in [2.24, 2.45) is 4.99 Å². The molecule has 2 aromatic rings. The van der Waals surface area contributed by atoms with Crippen LogP contribution in [0.3, 0.4) is 0 Å². The Labute approximate surface area is 179 Å². The van der Waals surface area contributed by atoms with Crippen LogP contribution in [0.1, 0.15) is 17.4 Å². The third-order valence-corrected chi connectivity index (χ3v) is 3.83. The van der Waals surface area contributed by atoms with Gasteiger partial charge in [0.15, 0.2) is 5.96 Å². The zero-order valence-corrected chi connectivity index (χ0v) is 18.1. The highest BCUT2D eigenvalue weighted by atomic mass is 127. The van der Waals surface area contributed by atoms with E-state index < -0.39 is 6.36 Å². The molecule has 1 unspecified atom stereocenters. The van der Waals surface area contributed by atoms with E-state index in [0.29, 0.717) is 18.1 Å². The number of guanidine groups is 1. The van der Waals surface area contributed by atoms with Gasteiger partial charge in [-0.1, -0.05) is 18.2 Å². The van der Waals surface area contributed by atoms with Crippen molar-refractivity contribution < 1.29 is 22.3 Å². The van der Waals surface area contributed by atoms with Gasteiger partial charge in [-0.05, 0) is 32.3 Å². The van der Waals surface area contributed by atoms with Gasteiger partial charge in [-0.3, -0.25) is 9.89 Å². The number of nitrogens with zero attached hydrogens (tertiary/aromatic N) is 2. The van der Waals surface area contributed by atoms with E-state index in [-0.39, 0.29) is 42.3 Å². The molecule has 0 spiro atoms. The fourth-order valence-electron chi connectivity index (χ4n) is 2.49. The molecular formula is C18H24F3IN4O2. The highest BCUT2D eigenvalue weighted by molar-refractivity contribution is 14.0. The number of furan rings is 1. The largest absolute Gasteiger partial charge is 0.573 e. The molecule has 0 fully saturated rings. The smallest absolute Gasteiger partial charge is 0.468 e. The third kappa shape index (κ3) is 7.58. The number of likely N-dealkylation sites (N-methyl/N-ethyl adjacent to an activating group) is 1. The lowest BCUT2D eigenvalue weighted by molar-refractivity contribution is -0.274. The summed E-state index contributed by atoms with van der Waals surface area (Å²) in [6, 6.07) is 9.65. The van der Waals surface area contributed by atoms with E-state index in [0.717, 1.165) is 5.76 Å². The van der Waals surface area contributed by atoms with Crippen molar-refractivity contribution in [1.29, 1.82) is 0 Å². The Morgan fingerprint density at radius 1 is 1.18 bits per heavy atom. The second-order valence-electron chi connectivity index (χ2n) is 5.96. The number of rotatable bonds is 7. The average molecular weight is 512 g/mol. The number of ether oxygens (including phenoxy) is 1. The molecule has 0 saturated carbocycles. The van der Waals surface area contributed by atoms with E-state index in [9.17, 15) is 13.2 Å². The summed E-state index contributed by atoms with van der Waals surface area (Å²) >= 11 is 0. The molecule has 1 heterocycles. The molecule has 1 atom stereocenters. The van der Waals surface area contributed by atoms with Crippen LogP contribution in [0.25, 0.3) is 0 Å². The lowest BCUT2D eigenvalue weighted by atomic mass is 10.2. The molecule has 0 radical (unpaired) electrons. The van der Waals surface area contributed by atoms with Gasteiger partial charge in [-0.2, -0.15) is 0 Å². The zero-order chi connectivity index (χ0) is 19.9. The Bertz CT molecular complexity index is 737. The van der Waals surface area contributed by atoms with Crippen LogP contribution in [0.5, 0.6) is 5.75 Å². The molecule has 6 nitrogen and oxygen atoms in total. The molecule has 0 amide bonds. The molecule has 0 bridgehead atoms. The Morgan fingerprint density at radius 2 is 1.89 bits per heavy atom. The minimum Gasteiger partial charge on any atom is -0.468 e. The van der Waals surface area contributed by atoms with E-state index in [1.54, 1.807) is 25.4 Å². The second kappa shape index (κ2) is 11.1. The van der Waals surface area contributed by atoms with Gasteiger partial charge in [0, 0.05) is 25.7 Å². The van der Waals surface area contributed by atoms with Crippen LogP contribution in [-0.2, 0) is 6.54 Å². The highest BCUT2D eigenvalue weighted by Crippen LogP contribution is 2.26. The molecule has 10 heteroatoms. The van der Waals surface area contributed by atoms with Gasteiger partial charge < -0.3 is 19.8 Å². The fraction of sp³-hybridized carbons (Fsp3) is 0.389. The highest BCUT2D eigenvalue weighted by Gasteiger charge is 2.32. The maximum absolute atomic E-state index is 12.5. The van der Waals surface area contributed by atoms with Crippen LogP contribution < -0.4 is 15.4 Å². The molecule has 0 aliphatic rings. The van der Waals surface area contributed by atoms with E-state index in [4.69, 9.17) is 4.42 Å². The van der Waals surface area contributed by atoms with E-state index in [2.05, 4.69) is 20.4 Å². The summed E-state index contributed by atoms with van der Waals surface area (Å²) in [5.41, 5.74) is 0.368. The number of nitrogens with one attached hydrogen (secondary N) is 2. The van der Waals surface area contributed by atoms with Crippen LogP contribution in [0.15, 0.2) is 52.1 Å². The topological polar surface area (TPSA) is 62.0 Å². The Balaban J connectivity index is 0.00000392. The maximum Gasteiger partial charge on any atom is 0.573 e. The summed E-state index contributed by atoms with van der Waals surface area (Å²) in [6.45, 7) is 0.625. The predicted molar refractivity (Wildman–Crippen MR) is 112 cm³/mol. The van der Waals surface area contributed by atoms with Crippen LogP contribution in [-0.4, -0.2) is 44.9 Å². The van der Waals surface area contributed by atoms with Crippen molar-refractivity contribution >= 4 is 29.9 Å². The summed E-state index contributed by atoms with van der Waals surface area (Å²) < 4.78 is 47.0. The number of aliphatic imine (C=N–C) groups is 1. The Morgan fingerprint density at radius 3 is 2.46 bits per heavy atom. The summed E-state index contributed by atoms with van der Waals surface area (Å²) in [4.78, 5) is 6.09. The number of halogens is 4. The van der Waals surface area contributed by atoms with E-state index >= 15 is 0 Å². The molecule has 0 saturated heterocycles. The molecule has 28 heavy (non-hydrogen) atoms. The molecule has 2 rings (SSSR count). The standard InChI is InChI=1S/C18H23F3N4O2.HI/c1-22-17(24-12-14(25(2)3)16-9-6-10-26-16)23-11-13-7-4-5-8-15(13)27-18(19,20)21;/h4-10,14H,11-12H2,1-3H3,(H2,22,23,24);1H. The van der Waals surface area contributed by atoms with Gasteiger partial charge >= 0.3 is 6.36 Å². The van der Waals surface area contributed by atoms with Crippen LogP contribution >= 0.6 is 24.0 Å². The number of alkyl halides is 3. The first-order chi connectivity index (χ1) is 12.8. The number of hydrogen-bond acceptors (Lipinski definition) is 4. The van der Waals surface area contributed by atoms with Crippen molar-refractivity contribution in [3.05, 3.63) is 54.0 Å². The summed E-state index contributed by atoms with van der Waals surface area (Å²) in [6.07, 6.45) is -3.13. The van der Waals surface area contributed by atoms with Gasteiger partial charge in [0.05, 0.1) is 12.3 Å². The average Bonchev–Trinajstić information content (AvgIpc) is 3.11. The van der Waals surface area contributed by atoms with Crippen LogP contribution in [0.2, 0.25) is 0 Å². The first-order valence-corrected chi connectivity index (χ1v) is 8.28. The molecule has 0 aliphatic heterocycles. The predicted octanol–water partition coefficient (Wildman–Crippen LogP) is 3.76. The fourth-order valence-corrected chi connectivity index (χ4v) is 2.49. The van der Waals surface area contributed by atoms with Crippen molar-refractivity contribution in [1.82, 2.24) is 15.5 Å². The summed E-state index contributed by atoms with van der Waals surface area (Å²) in [5.74, 6) is 1.01. The van der Waals surface area contributed by atoms with Gasteiger partial charge in [0.1, 0.15) is 11.5 Å². The lowest BCUT2D eigenvalue weighted by Gasteiger charge is -2.24. The molecule has 1 aromatic heterocycles. The quantitative estimate of drug-likeness (QED) is 0.336. The number of benzene rings is 1. The summed E-state index contributed by atoms with van der Waals surface area (Å²) in [7, 11) is 5.44. The number of hydrogen-bond donors (Lipinski definition) is 2. The maximum atomic E-state index is 12.5. The first kappa shape index (κ1) is 24.1. The Kier molecular flexibility index (Phi) is 9.59. The van der Waals surface area contributed by atoms with Gasteiger partial charge in [-0.15, -0.1) is 37.1 Å². The minimum atomic E-state index is -4.74. The van der Waals surface area contributed by atoms with Crippen LogP contribution in [0.4, 0.5) is 13.2 Å². The molecular weight excluding hydrogens is 488 g/mol. The third-order valence-electron chi connectivity index (χ3n) is 3.83. The number of para-hydroxylation sites is 1. The van der Waals surface area contributed by atoms with Crippen molar-refractivity contribution in [3.63, 3.8) is 0 Å². The van der Waals surface area contributed by atoms with Crippen LogP contribution in [0, 0.1) is 0 Å². The van der Waals surface area contributed by atoms with E-state index in [1.165, 1.54) is 12.1 Å². The van der Waals surface area contributed by atoms with Gasteiger partial charge in [0.25, 0.3) is 0 Å². The first-order valence-electron chi connectivity index (χ1n) is 8.28. The Hall–Kier alpha value is -1.95. The molecule has 1 aromatic carbocycles. The lowest BCUT2D eigenvalue weighted by Crippen LogP contribution is -2.41. The normalized spacial score (nSPS) is 13.0. The molecule has 2 N–H and O–H groups in total. The van der Waals surface area contributed by atoms with Crippen molar-refractivity contribution in [3.8, 4) is 5.75 Å². The van der Waals surface area contributed by atoms with Gasteiger partial charge in [-0.25, -0.2) is 0 Å². The van der Waals surface area contributed by atoms with Crippen molar-refractivity contribution in [2.75, 3.05) is 27.7 Å². The SMILES string of the molecule is CN=C(NCc1ccccc1OC(F)(F)F)NCC(c1ccco1)N(C)C.I.